The van der Waals surface area contributed by atoms with Crippen LogP contribution < -0.4 is 16.6 Å². The van der Waals surface area contributed by atoms with Crippen LogP contribution >= 0.6 is 0 Å². The van der Waals surface area contributed by atoms with Crippen molar-refractivity contribution in [2.24, 2.45) is 5.41 Å². The van der Waals surface area contributed by atoms with Crippen LogP contribution in [0.2, 0.25) is 0 Å². The van der Waals surface area contributed by atoms with Crippen molar-refractivity contribution >= 4 is 5.69 Å². The minimum absolute atomic E-state index is 0.120. The van der Waals surface area contributed by atoms with E-state index in [9.17, 15) is 9.59 Å². The second-order valence-electron chi connectivity index (χ2n) is 5.90. The fourth-order valence-electron chi connectivity index (χ4n) is 1.70. The summed E-state index contributed by atoms with van der Waals surface area (Å²) in [4.78, 5) is 20.5. The predicted molar refractivity (Wildman–Crippen MR) is 81.7 cm³/mol. The molecule has 0 bridgehead atoms. The molecule has 0 atom stereocenters. The highest BCUT2D eigenvalue weighted by molar-refractivity contribution is 5.50. The molecule has 110 valence electrons. The van der Waals surface area contributed by atoms with E-state index in [0.717, 1.165) is 17.9 Å². The van der Waals surface area contributed by atoms with Crippen molar-refractivity contribution in [3.8, 4) is 0 Å². The van der Waals surface area contributed by atoms with E-state index in [1.54, 1.807) is 6.92 Å². The van der Waals surface area contributed by atoms with E-state index in [0.29, 0.717) is 11.0 Å². The zero-order chi connectivity index (χ0) is 15.5. The van der Waals surface area contributed by atoms with E-state index in [2.05, 4.69) is 26.8 Å². The molecule has 0 saturated heterocycles. The topological polar surface area (TPSA) is 73.3 Å². The molecule has 0 aliphatic rings. The monoisotopic (exact) mass is 277 g/mol. The summed E-state index contributed by atoms with van der Waals surface area (Å²) in [7, 11) is 0. The smallest absolute Gasteiger partial charge is 0.249 e. The minimum atomic E-state index is -0.539. The van der Waals surface area contributed by atoms with Crippen LogP contribution in [0.25, 0.3) is 0 Å². The molecule has 0 amide bonds. The van der Waals surface area contributed by atoms with Gasteiger partial charge in [0.25, 0.3) is 0 Å². The van der Waals surface area contributed by atoms with Gasteiger partial charge < -0.3 is 10.2 Å². The van der Waals surface area contributed by atoms with Crippen LogP contribution in [0, 0.1) is 19.3 Å². The lowest BCUT2D eigenvalue weighted by atomic mass is 9.86. The van der Waals surface area contributed by atoms with Crippen LogP contribution in [0.4, 0.5) is 5.69 Å². The van der Waals surface area contributed by atoms with E-state index in [1.807, 2.05) is 13.0 Å². The maximum absolute atomic E-state index is 10.3. The molecule has 1 aromatic heterocycles. The summed E-state index contributed by atoms with van der Waals surface area (Å²) in [5.41, 5.74) is 4.97. The van der Waals surface area contributed by atoms with E-state index in [4.69, 9.17) is 10.2 Å². The lowest BCUT2D eigenvalue weighted by Gasteiger charge is -2.20. The third-order valence-electron chi connectivity index (χ3n) is 3.60. The summed E-state index contributed by atoms with van der Waals surface area (Å²) in [6.07, 6.45) is 2.23. The number of hydrogen-bond acceptors (Lipinski definition) is 4. The van der Waals surface area contributed by atoms with Crippen molar-refractivity contribution < 1.29 is 4.42 Å². The van der Waals surface area contributed by atoms with Crippen LogP contribution in [0.3, 0.4) is 0 Å². The minimum Gasteiger partial charge on any atom is -0.466 e. The Labute approximate surface area is 119 Å². The van der Waals surface area contributed by atoms with E-state index >= 15 is 0 Å². The zero-order valence-corrected chi connectivity index (χ0v) is 12.9. The molecule has 0 spiro atoms. The first kappa shape index (κ1) is 16.2. The molecule has 2 rings (SSSR count). The highest BCUT2D eigenvalue weighted by Crippen LogP contribution is 2.26. The van der Waals surface area contributed by atoms with E-state index < -0.39 is 10.9 Å². The van der Waals surface area contributed by atoms with Gasteiger partial charge in [-0.05, 0) is 31.4 Å². The zero-order valence-electron chi connectivity index (χ0n) is 12.9. The molecule has 20 heavy (non-hydrogen) atoms. The molecule has 0 saturated carbocycles. The van der Waals surface area contributed by atoms with E-state index in [-0.39, 0.29) is 5.69 Å². The molecule has 0 aliphatic heterocycles. The molecule has 0 radical (unpaired) electrons. The first-order valence-electron chi connectivity index (χ1n) is 6.78. The highest BCUT2D eigenvalue weighted by Gasteiger charge is 2.17. The summed E-state index contributed by atoms with van der Waals surface area (Å²) in [5, 5.41) is 0. The average molecular weight is 277 g/mol. The molecule has 0 aliphatic carbocycles. The van der Waals surface area contributed by atoms with Gasteiger partial charge in [-0.3, -0.25) is 9.59 Å². The standard InChI is InChI=1S/C11H18O.C5H5NO2/c1-5-11(3,4)8-10-7-6-9(2)12-10;1-2-3(6)5(8)4(2)7/h6-7H,5,8H2,1-4H3;6H2,1H3. The third kappa shape index (κ3) is 3.83. The molecule has 1 aromatic carbocycles. The average Bonchev–Trinajstić information content (AvgIpc) is 2.81. The van der Waals surface area contributed by atoms with Gasteiger partial charge in [-0.1, -0.05) is 27.2 Å². The van der Waals surface area contributed by atoms with Crippen molar-refractivity contribution in [3.05, 3.63) is 49.7 Å². The van der Waals surface area contributed by atoms with Crippen LogP contribution in [0.15, 0.2) is 26.1 Å². The number of furan rings is 1. The molecule has 4 heteroatoms. The first-order chi connectivity index (χ1) is 9.18. The Morgan fingerprint density at radius 2 is 1.75 bits per heavy atom. The van der Waals surface area contributed by atoms with Crippen LogP contribution in [-0.4, -0.2) is 0 Å². The lowest BCUT2D eigenvalue weighted by molar-refractivity contribution is 0.314. The first-order valence-corrected chi connectivity index (χ1v) is 6.78. The van der Waals surface area contributed by atoms with Crippen LogP contribution in [0.5, 0.6) is 0 Å². The molecule has 0 fully saturated rings. The fourth-order valence-corrected chi connectivity index (χ4v) is 1.70. The Morgan fingerprint density at radius 3 is 2.05 bits per heavy atom. The largest absolute Gasteiger partial charge is 0.466 e. The van der Waals surface area contributed by atoms with Crippen molar-refractivity contribution in [1.82, 2.24) is 0 Å². The van der Waals surface area contributed by atoms with Gasteiger partial charge in [0.1, 0.15) is 11.5 Å². The second-order valence-corrected chi connectivity index (χ2v) is 5.90. The molecule has 4 nitrogen and oxygen atoms in total. The molecule has 1 heterocycles. The quantitative estimate of drug-likeness (QED) is 0.875. The van der Waals surface area contributed by atoms with Gasteiger partial charge in [0.15, 0.2) is 0 Å². The maximum atomic E-state index is 10.3. The molecular weight excluding hydrogens is 254 g/mol. The summed E-state index contributed by atoms with van der Waals surface area (Å²) in [6, 6.07) is 4.10. The Bertz CT molecular complexity index is 613. The third-order valence-corrected chi connectivity index (χ3v) is 3.60. The van der Waals surface area contributed by atoms with Crippen molar-refractivity contribution in [1.29, 1.82) is 0 Å². The molecule has 2 N–H and O–H groups in total. The van der Waals surface area contributed by atoms with Gasteiger partial charge in [0.2, 0.25) is 10.9 Å². The SMILES string of the molecule is CCC(C)(C)Cc1ccc(C)o1.Cc1c(N)c(=O)c1=O. The van der Waals surface area contributed by atoms with Gasteiger partial charge >= 0.3 is 0 Å². The van der Waals surface area contributed by atoms with Gasteiger partial charge in [0.05, 0.1) is 5.69 Å². The number of anilines is 1. The van der Waals surface area contributed by atoms with Crippen molar-refractivity contribution in [2.45, 2.75) is 47.5 Å². The lowest BCUT2D eigenvalue weighted by Crippen LogP contribution is -2.36. The maximum Gasteiger partial charge on any atom is 0.249 e. The summed E-state index contributed by atoms with van der Waals surface area (Å²) >= 11 is 0. The normalized spacial score (nSPS) is 11.2. The van der Waals surface area contributed by atoms with Crippen molar-refractivity contribution in [2.75, 3.05) is 5.73 Å². The Morgan fingerprint density at radius 1 is 1.15 bits per heavy atom. The Balaban J connectivity index is 0.000000217. The van der Waals surface area contributed by atoms with Gasteiger partial charge in [-0.15, -0.1) is 0 Å². The Hall–Kier alpha value is -1.84. The number of hydrogen-bond donors (Lipinski definition) is 1. The van der Waals surface area contributed by atoms with Gasteiger partial charge in [-0.25, -0.2) is 0 Å². The van der Waals surface area contributed by atoms with Crippen LogP contribution in [-0.2, 0) is 6.42 Å². The summed E-state index contributed by atoms with van der Waals surface area (Å²) in [6.45, 7) is 10.3. The number of nitrogens with two attached hydrogens (primary N) is 1. The van der Waals surface area contributed by atoms with Crippen LogP contribution in [0.1, 0.15) is 44.3 Å². The van der Waals surface area contributed by atoms with Gasteiger partial charge in [-0.2, -0.15) is 0 Å². The highest BCUT2D eigenvalue weighted by atomic mass is 16.3. The molecular formula is C16H23NO3. The Kier molecular flexibility index (Phi) is 4.93. The van der Waals surface area contributed by atoms with Gasteiger partial charge in [0, 0.05) is 12.0 Å². The number of nitrogen functional groups attached to an aromatic ring is 1. The number of aryl methyl sites for hydroxylation is 1. The predicted octanol–water partition coefficient (Wildman–Crippen LogP) is 2.74. The van der Waals surface area contributed by atoms with Crippen molar-refractivity contribution in [3.63, 3.8) is 0 Å². The summed E-state index contributed by atoms with van der Waals surface area (Å²) in [5.74, 6) is 2.12. The molecule has 2 aromatic rings. The molecule has 0 unspecified atom stereocenters. The fraction of sp³-hybridized carbons (Fsp3) is 0.500. The number of rotatable bonds is 3. The summed E-state index contributed by atoms with van der Waals surface area (Å²) < 4.78 is 5.52. The second kappa shape index (κ2) is 6.07. The van der Waals surface area contributed by atoms with E-state index in [1.165, 1.54) is 6.42 Å².